The van der Waals surface area contributed by atoms with Crippen LogP contribution in [-0.2, 0) is 19.5 Å². The summed E-state index contributed by atoms with van der Waals surface area (Å²) in [5.41, 5.74) is 5.17. The average molecular weight is 446 g/mol. The van der Waals surface area contributed by atoms with Crippen LogP contribution in [0.4, 0.5) is 0 Å². The number of rotatable bonds is 11. The fourth-order valence-corrected chi connectivity index (χ4v) is 4.08. The molecular formula is C25H31N7O. The average Bonchev–Trinajstić information content (AvgIpc) is 3.48. The van der Waals surface area contributed by atoms with Gasteiger partial charge in [0.25, 0.3) is 0 Å². The summed E-state index contributed by atoms with van der Waals surface area (Å²) in [7, 11) is 0. The SMILES string of the molecule is CCCCCn1cc(CCCC)n(Cc2ccc(-c3cnccc3-c3nnn[nH]3)cc2)c1=O. The van der Waals surface area contributed by atoms with Crippen LogP contribution < -0.4 is 5.69 Å². The Balaban J connectivity index is 1.58. The monoisotopic (exact) mass is 445 g/mol. The first-order chi connectivity index (χ1) is 16.2. The Morgan fingerprint density at radius 3 is 2.52 bits per heavy atom. The normalized spacial score (nSPS) is 11.2. The Bertz CT molecular complexity index is 1210. The van der Waals surface area contributed by atoms with Crippen LogP contribution in [0.25, 0.3) is 22.5 Å². The van der Waals surface area contributed by atoms with Crippen LogP contribution >= 0.6 is 0 Å². The lowest BCUT2D eigenvalue weighted by Gasteiger charge is -2.10. The lowest BCUT2D eigenvalue weighted by atomic mass is 10.0. The molecule has 0 aliphatic rings. The minimum atomic E-state index is 0.0913. The van der Waals surface area contributed by atoms with Gasteiger partial charge in [0.1, 0.15) is 0 Å². The number of nitrogens with zero attached hydrogens (tertiary/aromatic N) is 6. The molecule has 0 aliphatic carbocycles. The number of hydrogen-bond acceptors (Lipinski definition) is 5. The maximum absolute atomic E-state index is 13.1. The molecule has 0 bridgehead atoms. The highest BCUT2D eigenvalue weighted by atomic mass is 16.1. The first-order valence-electron chi connectivity index (χ1n) is 11.8. The first kappa shape index (κ1) is 22.6. The molecule has 0 atom stereocenters. The van der Waals surface area contributed by atoms with Gasteiger partial charge in [-0.15, -0.1) is 5.10 Å². The number of H-pyrrole nitrogens is 1. The number of nitrogens with one attached hydrogen (secondary N) is 1. The molecule has 3 aromatic heterocycles. The van der Waals surface area contributed by atoms with Crippen LogP contribution in [0.5, 0.6) is 0 Å². The van der Waals surface area contributed by atoms with Gasteiger partial charge in [-0.3, -0.25) is 14.1 Å². The highest BCUT2D eigenvalue weighted by Gasteiger charge is 2.13. The summed E-state index contributed by atoms with van der Waals surface area (Å²) in [5, 5.41) is 14.2. The van der Waals surface area contributed by atoms with Crippen molar-refractivity contribution in [3.8, 4) is 22.5 Å². The molecule has 1 aromatic carbocycles. The Morgan fingerprint density at radius 1 is 0.970 bits per heavy atom. The fraction of sp³-hybridized carbons (Fsp3) is 0.400. The molecule has 0 saturated heterocycles. The van der Waals surface area contributed by atoms with Gasteiger partial charge in [-0.25, -0.2) is 9.89 Å². The summed E-state index contributed by atoms with van der Waals surface area (Å²) >= 11 is 0. The van der Waals surface area contributed by atoms with E-state index in [2.05, 4.69) is 69.9 Å². The molecule has 172 valence electrons. The summed E-state index contributed by atoms with van der Waals surface area (Å²) in [6.07, 6.45) is 12.1. The number of benzene rings is 1. The van der Waals surface area contributed by atoms with Gasteiger partial charge in [0.2, 0.25) is 0 Å². The quantitative estimate of drug-likeness (QED) is 0.344. The third-order valence-electron chi connectivity index (χ3n) is 5.94. The molecule has 0 spiro atoms. The van der Waals surface area contributed by atoms with Crippen molar-refractivity contribution in [3.63, 3.8) is 0 Å². The maximum atomic E-state index is 13.1. The summed E-state index contributed by atoms with van der Waals surface area (Å²) in [5.74, 6) is 0.605. The molecule has 8 heteroatoms. The number of unbranched alkanes of at least 4 members (excludes halogenated alkanes) is 3. The summed E-state index contributed by atoms with van der Waals surface area (Å²) in [6, 6.07) is 10.2. The highest BCUT2D eigenvalue weighted by molar-refractivity contribution is 5.79. The van der Waals surface area contributed by atoms with E-state index in [1.54, 1.807) is 6.20 Å². The van der Waals surface area contributed by atoms with Crippen molar-refractivity contribution in [2.75, 3.05) is 0 Å². The number of imidazole rings is 1. The van der Waals surface area contributed by atoms with Gasteiger partial charge in [0.05, 0.1) is 6.54 Å². The highest BCUT2D eigenvalue weighted by Crippen LogP contribution is 2.29. The van der Waals surface area contributed by atoms with Crippen LogP contribution in [0.15, 0.2) is 53.7 Å². The molecule has 1 N–H and O–H groups in total. The molecular weight excluding hydrogens is 414 g/mol. The van der Waals surface area contributed by atoms with Crippen molar-refractivity contribution in [1.82, 2.24) is 34.7 Å². The van der Waals surface area contributed by atoms with Crippen molar-refractivity contribution in [2.45, 2.75) is 65.5 Å². The van der Waals surface area contributed by atoms with E-state index in [-0.39, 0.29) is 5.69 Å². The minimum absolute atomic E-state index is 0.0913. The lowest BCUT2D eigenvalue weighted by molar-refractivity contribution is 0.573. The second-order valence-electron chi connectivity index (χ2n) is 8.36. The molecule has 0 aliphatic heterocycles. The molecule has 0 unspecified atom stereocenters. The largest absolute Gasteiger partial charge is 0.328 e. The Labute approximate surface area is 193 Å². The second-order valence-corrected chi connectivity index (χ2v) is 8.36. The van der Waals surface area contributed by atoms with Crippen molar-refractivity contribution in [3.05, 3.63) is 70.7 Å². The zero-order valence-corrected chi connectivity index (χ0v) is 19.4. The number of tetrazole rings is 1. The summed E-state index contributed by atoms with van der Waals surface area (Å²) in [4.78, 5) is 17.4. The fourth-order valence-electron chi connectivity index (χ4n) is 4.08. The summed E-state index contributed by atoms with van der Waals surface area (Å²) in [6.45, 7) is 5.73. The molecule has 0 fully saturated rings. The topological polar surface area (TPSA) is 94.3 Å². The molecule has 4 aromatic rings. The van der Waals surface area contributed by atoms with Gasteiger partial charge < -0.3 is 0 Å². The van der Waals surface area contributed by atoms with E-state index in [0.29, 0.717) is 12.4 Å². The predicted molar refractivity (Wildman–Crippen MR) is 129 cm³/mol. The third-order valence-corrected chi connectivity index (χ3v) is 5.94. The van der Waals surface area contributed by atoms with E-state index >= 15 is 0 Å². The van der Waals surface area contributed by atoms with Crippen LogP contribution in [0.1, 0.15) is 57.2 Å². The molecule has 4 rings (SSSR count). The van der Waals surface area contributed by atoms with Crippen LogP contribution in [0, 0.1) is 0 Å². The van der Waals surface area contributed by atoms with Crippen molar-refractivity contribution in [1.29, 1.82) is 0 Å². The van der Waals surface area contributed by atoms with Crippen LogP contribution in [0.2, 0.25) is 0 Å². The van der Waals surface area contributed by atoms with Crippen molar-refractivity contribution < 1.29 is 0 Å². The van der Waals surface area contributed by atoms with Crippen molar-refractivity contribution in [2.24, 2.45) is 0 Å². The van der Waals surface area contributed by atoms with Gasteiger partial charge in [-0.2, -0.15) is 0 Å². The van der Waals surface area contributed by atoms with Crippen molar-refractivity contribution >= 4 is 0 Å². The number of pyridine rings is 1. The molecule has 0 radical (unpaired) electrons. The minimum Gasteiger partial charge on any atom is -0.299 e. The van der Waals surface area contributed by atoms with Gasteiger partial charge in [-0.05, 0) is 46.9 Å². The molecule has 33 heavy (non-hydrogen) atoms. The third kappa shape index (κ3) is 5.27. The van der Waals surface area contributed by atoms with Crippen LogP contribution in [0.3, 0.4) is 0 Å². The van der Waals surface area contributed by atoms with Gasteiger partial charge in [-0.1, -0.05) is 57.4 Å². The smallest absolute Gasteiger partial charge is 0.299 e. The maximum Gasteiger partial charge on any atom is 0.328 e. The Hall–Kier alpha value is -3.55. The van der Waals surface area contributed by atoms with E-state index in [9.17, 15) is 4.79 Å². The number of aromatic amines is 1. The summed E-state index contributed by atoms with van der Waals surface area (Å²) < 4.78 is 3.83. The van der Waals surface area contributed by atoms with Gasteiger partial charge >= 0.3 is 5.69 Å². The Morgan fingerprint density at radius 2 is 1.79 bits per heavy atom. The number of aromatic nitrogens is 7. The van der Waals surface area contributed by atoms with E-state index in [0.717, 1.165) is 73.0 Å². The number of hydrogen-bond donors (Lipinski definition) is 1. The zero-order chi connectivity index (χ0) is 23.0. The molecule has 0 amide bonds. The van der Waals surface area contributed by atoms with E-state index < -0.39 is 0 Å². The first-order valence-corrected chi connectivity index (χ1v) is 11.8. The molecule has 3 heterocycles. The molecule has 0 saturated carbocycles. The van der Waals surface area contributed by atoms with Crippen LogP contribution in [-0.4, -0.2) is 34.7 Å². The van der Waals surface area contributed by atoms with E-state index in [1.165, 1.54) is 0 Å². The zero-order valence-electron chi connectivity index (χ0n) is 19.4. The number of aryl methyl sites for hydroxylation is 2. The second kappa shape index (κ2) is 10.8. The standard InChI is InChI=1S/C25H31N7O/c1-3-5-7-15-31-18-21(8-6-4-2)32(25(31)33)17-19-9-11-20(12-10-19)23-16-26-14-13-22(23)24-27-29-30-28-24/h9-14,16,18H,3-8,15,17H2,1-2H3,(H,27,28,29,30). The predicted octanol–water partition coefficient (Wildman–Crippen LogP) is 4.47. The van der Waals surface area contributed by atoms with Gasteiger partial charge in [0.15, 0.2) is 5.82 Å². The van der Waals surface area contributed by atoms with E-state index in [4.69, 9.17) is 0 Å². The Kier molecular flexibility index (Phi) is 7.44. The van der Waals surface area contributed by atoms with Gasteiger partial charge in [0, 0.05) is 42.0 Å². The van der Waals surface area contributed by atoms with E-state index in [1.807, 2.05) is 21.4 Å². The lowest BCUT2D eigenvalue weighted by Crippen LogP contribution is -2.25. The molecule has 8 nitrogen and oxygen atoms in total.